The highest BCUT2D eigenvalue weighted by Gasteiger charge is 2.48. The van der Waals surface area contributed by atoms with Crippen LogP contribution in [0.2, 0.25) is 5.02 Å². The van der Waals surface area contributed by atoms with Gasteiger partial charge >= 0.3 is 5.97 Å². The Morgan fingerprint density at radius 1 is 1.16 bits per heavy atom. The first kappa shape index (κ1) is 28.9. The number of benzene rings is 1. The second-order valence-electron chi connectivity index (χ2n) is 11.3. The highest BCUT2D eigenvalue weighted by Crippen LogP contribution is 2.40. The number of hydrogen-bond donors (Lipinski definition) is 1. The average Bonchev–Trinajstić information content (AvgIpc) is 3.71. The van der Waals surface area contributed by atoms with Gasteiger partial charge in [0.15, 0.2) is 0 Å². The molecule has 45 heavy (non-hydrogen) atoms. The molecule has 2 unspecified atom stereocenters. The summed E-state index contributed by atoms with van der Waals surface area (Å²) in [5, 5.41) is 22.2. The van der Waals surface area contributed by atoms with Gasteiger partial charge in [0.2, 0.25) is 0 Å². The molecule has 0 radical (unpaired) electrons. The van der Waals surface area contributed by atoms with E-state index < -0.39 is 5.97 Å². The molecule has 5 heterocycles. The third-order valence-corrected chi connectivity index (χ3v) is 9.87. The molecule has 0 amide bonds. The molecule has 1 aliphatic heterocycles. The maximum absolute atomic E-state index is 14.0. The van der Waals surface area contributed by atoms with Crippen LogP contribution in [-0.2, 0) is 6.54 Å². The molecule has 5 aromatic rings. The molecule has 224 valence electrons. The van der Waals surface area contributed by atoms with Crippen molar-refractivity contribution in [3.8, 4) is 29.0 Å². The highest BCUT2D eigenvalue weighted by atomic mass is 35.5. The second kappa shape index (κ2) is 11.0. The van der Waals surface area contributed by atoms with Gasteiger partial charge in [0, 0.05) is 58.5 Å². The van der Waals surface area contributed by atoms with Crippen molar-refractivity contribution in [3.63, 3.8) is 0 Å². The topological polar surface area (TPSA) is 128 Å². The zero-order valence-electron chi connectivity index (χ0n) is 24.6. The minimum absolute atomic E-state index is 0.0460. The Bertz CT molecular complexity index is 2240. The van der Waals surface area contributed by atoms with Crippen molar-refractivity contribution in [2.24, 2.45) is 0 Å². The van der Waals surface area contributed by atoms with E-state index in [-0.39, 0.29) is 34.7 Å². The fourth-order valence-electron chi connectivity index (χ4n) is 6.22. The van der Waals surface area contributed by atoms with Crippen LogP contribution in [0, 0.1) is 37.0 Å². The number of nitrogens with zero attached hydrogens (tertiary/aromatic N) is 7. The number of aryl methyl sites for hydroxylation is 2. The van der Waals surface area contributed by atoms with Gasteiger partial charge in [0.05, 0.1) is 33.4 Å². The van der Waals surface area contributed by atoms with Gasteiger partial charge in [-0.1, -0.05) is 23.4 Å². The Morgan fingerprint density at radius 3 is 2.76 bits per heavy atom. The molecular formula is C33H26ClN7O3S. The van der Waals surface area contributed by atoms with Crippen LogP contribution >= 0.6 is 22.9 Å². The fraction of sp³-hybridized carbons (Fsp3) is 0.273. The lowest BCUT2D eigenvalue weighted by Crippen LogP contribution is -2.45. The number of likely N-dealkylation sites (N-methyl/N-ethyl adjacent to an activating group) is 1. The number of nitriles is 1. The summed E-state index contributed by atoms with van der Waals surface area (Å²) >= 11 is 7.68. The lowest BCUT2D eigenvalue weighted by molar-refractivity contribution is 0.0699. The van der Waals surface area contributed by atoms with Gasteiger partial charge in [-0.2, -0.15) is 5.26 Å². The first-order valence-corrected chi connectivity index (χ1v) is 15.6. The van der Waals surface area contributed by atoms with E-state index in [0.717, 1.165) is 30.6 Å². The second-order valence-corrected chi connectivity index (χ2v) is 12.6. The van der Waals surface area contributed by atoms with Crippen LogP contribution in [0.1, 0.15) is 39.4 Å². The van der Waals surface area contributed by atoms with Crippen molar-refractivity contribution in [1.82, 2.24) is 24.4 Å². The normalized spacial score (nSPS) is 17.5. The number of hydrogen-bond acceptors (Lipinski definition) is 9. The fourth-order valence-corrected chi connectivity index (χ4v) is 7.42. The van der Waals surface area contributed by atoms with Crippen LogP contribution in [0.5, 0.6) is 0 Å². The molecule has 1 saturated heterocycles. The molecule has 1 aliphatic carbocycles. The molecule has 7 rings (SSSR count). The molecule has 1 saturated carbocycles. The SMILES string of the molecule is Cc1nc(N2CCN(C)C3CC32)c(C#N)c2c(=O)n(CC#Cc3ccc(Cl)cc3-c3ccnc4c(C(=O)O)csc34)c(C)nc12. The number of halogens is 1. The third-order valence-electron chi connectivity index (χ3n) is 8.63. The molecule has 4 aromatic heterocycles. The van der Waals surface area contributed by atoms with Crippen LogP contribution in [0.15, 0.2) is 40.6 Å². The number of carbonyl (C=O) groups is 1. The zero-order chi connectivity index (χ0) is 31.6. The van der Waals surface area contributed by atoms with Crippen LogP contribution < -0.4 is 10.5 Å². The van der Waals surface area contributed by atoms with E-state index in [1.807, 2.05) is 13.0 Å². The van der Waals surface area contributed by atoms with Crippen molar-refractivity contribution >= 4 is 55.8 Å². The summed E-state index contributed by atoms with van der Waals surface area (Å²) < 4.78 is 2.20. The predicted octanol–water partition coefficient (Wildman–Crippen LogP) is 4.85. The quantitative estimate of drug-likeness (QED) is 0.276. The summed E-state index contributed by atoms with van der Waals surface area (Å²) in [5.41, 5.74) is 3.66. The lowest BCUT2D eigenvalue weighted by Gasteiger charge is -2.33. The molecule has 2 fully saturated rings. The van der Waals surface area contributed by atoms with E-state index in [1.54, 1.807) is 36.7 Å². The molecule has 0 spiro atoms. The molecule has 1 N–H and O–H groups in total. The Hall–Kier alpha value is -4.81. The summed E-state index contributed by atoms with van der Waals surface area (Å²) in [6, 6.07) is 10.1. The Kier molecular flexibility index (Phi) is 7.05. The van der Waals surface area contributed by atoms with Gasteiger partial charge in [-0.15, -0.1) is 11.3 Å². The van der Waals surface area contributed by atoms with E-state index in [2.05, 4.69) is 39.7 Å². The smallest absolute Gasteiger partial charge is 0.338 e. The number of aromatic nitrogens is 4. The van der Waals surface area contributed by atoms with Gasteiger partial charge in [0.1, 0.15) is 28.8 Å². The van der Waals surface area contributed by atoms with Crippen molar-refractivity contribution in [3.05, 3.63) is 79.4 Å². The third kappa shape index (κ3) is 4.81. The first-order valence-electron chi connectivity index (χ1n) is 14.3. The molecule has 1 aromatic carbocycles. The van der Waals surface area contributed by atoms with Gasteiger partial charge in [0.25, 0.3) is 5.56 Å². The summed E-state index contributed by atoms with van der Waals surface area (Å²) in [5.74, 6) is 6.29. The number of thiophene rings is 1. The highest BCUT2D eigenvalue weighted by molar-refractivity contribution is 7.18. The maximum Gasteiger partial charge on any atom is 0.338 e. The number of anilines is 1. The molecule has 12 heteroatoms. The minimum atomic E-state index is -1.04. The minimum Gasteiger partial charge on any atom is -0.478 e. The predicted molar refractivity (Wildman–Crippen MR) is 174 cm³/mol. The number of carboxylic acid groups (broad SMARTS) is 1. The Balaban J connectivity index is 1.29. The summed E-state index contributed by atoms with van der Waals surface area (Å²) in [6.07, 6.45) is 2.58. The van der Waals surface area contributed by atoms with Crippen LogP contribution in [-0.4, -0.2) is 67.7 Å². The largest absolute Gasteiger partial charge is 0.478 e. The number of aromatic carboxylic acids is 1. The average molecular weight is 636 g/mol. The maximum atomic E-state index is 14.0. The van der Waals surface area contributed by atoms with E-state index in [0.29, 0.717) is 49.7 Å². The van der Waals surface area contributed by atoms with Gasteiger partial charge in [-0.3, -0.25) is 19.2 Å². The Morgan fingerprint density at radius 2 is 1.98 bits per heavy atom. The summed E-state index contributed by atoms with van der Waals surface area (Å²) in [7, 11) is 2.11. The summed E-state index contributed by atoms with van der Waals surface area (Å²) in [6.45, 7) is 5.22. The van der Waals surface area contributed by atoms with Crippen LogP contribution in [0.25, 0.3) is 32.2 Å². The van der Waals surface area contributed by atoms with Crippen molar-refractivity contribution < 1.29 is 9.90 Å². The monoisotopic (exact) mass is 635 g/mol. The molecule has 10 nitrogen and oxygen atoms in total. The van der Waals surface area contributed by atoms with Gasteiger partial charge < -0.3 is 10.0 Å². The number of carboxylic acids is 1. The zero-order valence-corrected chi connectivity index (χ0v) is 26.2. The Labute approximate surface area is 267 Å². The summed E-state index contributed by atoms with van der Waals surface area (Å²) in [4.78, 5) is 44.0. The van der Waals surface area contributed by atoms with Gasteiger partial charge in [-0.05, 0) is 51.6 Å². The number of fused-ring (bicyclic) bond motifs is 3. The molecular weight excluding hydrogens is 610 g/mol. The van der Waals surface area contributed by atoms with Crippen molar-refractivity contribution in [2.75, 3.05) is 25.0 Å². The van der Waals surface area contributed by atoms with E-state index in [1.165, 1.54) is 15.9 Å². The molecule has 0 bridgehead atoms. The number of rotatable bonds is 4. The van der Waals surface area contributed by atoms with Crippen molar-refractivity contribution in [1.29, 1.82) is 5.26 Å². The van der Waals surface area contributed by atoms with E-state index in [4.69, 9.17) is 21.6 Å². The van der Waals surface area contributed by atoms with Crippen LogP contribution in [0.3, 0.4) is 0 Å². The van der Waals surface area contributed by atoms with E-state index >= 15 is 0 Å². The molecule has 2 aliphatic rings. The number of piperazine rings is 1. The van der Waals surface area contributed by atoms with Crippen molar-refractivity contribution in [2.45, 2.75) is 38.9 Å². The molecule has 2 atom stereocenters. The lowest BCUT2D eigenvalue weighted by atomic mass is 10.00. The van der Waals surface area contributed by atoms with E-state index in [9.17, 15) is 20.0 Å². The number of pyridine rings is 2. The van der Waals surface area contributed by atoms with Crippen LogP contribution in [0.4, 0.5) is 5.82 Å². The van der Waals surface area contributed by atoms with Gasteiger partial charge in [-0.25, -0.2) is 14.8 Å². The standard InChI is InChI=1S/C33H26ClN7O3S/c1-17-28-27(23(15-35)31(37-17)41-12-11-39(3)25-14-26(25)41)32(42)40(18(2)38-28)10-4-5-19-6-7-20(34)13-22(19)21-8-9-36-29-24(33(43)44)16-45-30(21)29/h6-9,13,16,25-26H,10-12,14H2,1-3H3,(H,43,44). The first-order chi connectivity index (χ1) is 21.7.